The molecule has 7 rings (SSSR count). The molecule has 0 bridgehead atoms. The molecule has 0 saturated carbocycles. The number of hydrogen-bond donors (Lipinski definition) is 0. The zero-order chi connectivity index (χ0) is 32.5. The van der Waals surface area contributed by atoms with Crippen LogP contribution < -0.4 is 5.19 Å². The van der Waals surface area contributed by atoms with Gasteiger partial charge >= 0.3 is 0 Å². The summed E-state index contributed by atoms with van der Waals surface area (Å²) in [6, 6.07) is 35.7. The van der Waals surface area contributed by atoms with Crippen LogP contribution in [0.1, 0.15) is 26.7 Å². The minimum absolute atomic E-state index is 0. The molecule has 233 valence electrons. The van der Waals surface area contributed by atoms with Crippen molar-refractivity contribution in [2.24, 2.45) is 0 Å². The summed E-state index contributed by atoms with van der Waals surface area (Å²) in [4.78, 5) is 13.2. The number of hydrogen-bond acceptors (Lipinski definition) is 4. The second-order valence-electron chi connectivity index (χ2n) is 12.1. The SMILES string of the molecule is C[Si](C)(C)c1cnc(-c2[c-]cccc2)cc1-c1ccccc1.[2H]C(C)(C)c1ccnc(-c2[c-]ccc3c2oc2nccc(F)c23)c1.[Ir]. The Bertz CT molecular complexity index is 2140. The first-order valence-electron chi connectivity index (χ1n) is 15.4. The Morgan fingerprint density at radius 3 is 2.30 bits per heavy atom. The predicted octanol–water partition coefficient (Wildman–Crippen LogP) is 9.86. The Morgan fingerprint density at radius 2 is 1.59 bits per heavy atom. The molecule has 0 fully saturated rings. The first-order valence-corrected chi connectivity index (χ1v) is 18.4. The molecule has 0 N–H and O–H groups in total. The molecule has 7 aromatic rings. The molecule has 0 aliphatic heterocycles. The van der Waals surface area contributed by atoms with Gasteiger partial charge in [-0.15, -0.1) is 54.1 Å². The van der Waals surface area contributed by atoms with E-state index in [1.165, 1.54) is 28.6 Å². The van der Waals surface area contributed by atoms with E-state index in [1.807, 2.05) is 44.2 Å². The third-order valence-corrected chi connectivity index (χ3v) is 9.67. The third-order valence-electron chi connectivity index (χ3n) is 7.66. The fraction of sp³-hybridized carbons (Fsp3) is 0.154. The van der Waals surface area contributed by atoms with E-state index in [4.69, 9.17) is 10.8 Å². The van der Waals surface area contributed by atoms with E-state index in [2.05, 4.69) is 90.4 Å². The van der Waals surface area contributed by atoms with E-state index in [9.17, 15) is 4.39 Å². The molecular formula is C39H34FIrN3OSi-2. The average Bonchev–Trinajstić information content (AvgIpc) is 3.45. The van der Waals surface area contributed by atoms with Crippen molar-refractivity contribution >= 4 is 35.3 Å². The Kier molecular flexibility index (Phi) is 9.64. The van der Waals surface area contributed by atoms with Gasteiger partial charge in [-0.05, 0) is 45.7 Å². The number of benzene rings is 3. The number of rotatable bonds is 5. The van der Waals surface area contributed by atoms with Gasteiger partial charge in [0.25, 0.3) is 0 Å². The average molecular weight is 801 g/mol. The van der Waals surface area contributed by atoms with Crippen molar-refractivity contribution in [3.05, 3.63) is 133 Å². The molecule has 0 aliphatic carbocycles. The maximum atomic E-state index is 14.2. The van der Waals surface area contributed by atoms with Crippen molar-refractivity contribution in [2.45, 2.75) is 39.4 Å². The van der Waals surface area contributed by atoms with Gasteiger partial charge in [0.1, 0.15) is 5.82 Å². The maximum absolute atomic E-state index is 14.2. The molecule has 0 atom stereocenters. The second kappa shape index (κ2) is 14.0. The Hall–Kier alpha value is -4.29. The third kappa shape index (κ3) is 6.92. The zero-order valence-electron chi connectivity index (χ0n) is 27.4. The molecule has 7 heteroatoms. The Balaban J connectivity index is 0.000000181. The second-order valence-corrected chi connectivity index (χ2v) is 17.1. The molecule has 4 aromatic heterocycles. The van der Waals surface area contributed by atoms with Crippen LogP contribution in [0.3, 0.4) is 0 Å². The predicted molar refractivity (Wildman–Crippen MR) is 185 cm³/mol. The van der Waals surface area contributed by atoms with Gasteiger partial charge in [0.05, 0.1) is 19.0 Å². The van der Waals surface area contributed by atoms with Crippen LogP contribution in [0.4, 0.5) is 4.39 Å². The van der Waals surface area contributed by atoms with Crippen molar-refractivity contribution in [3.8, 4) is 33.6 Å². The number of fused-ring (bicyclic) bond motifs is 3. The molecule has 4 nitrogen and oxygen atoms in total. The van der Waals surface area contributed by atoms with Gasteiger partial charge in [0.15, 0.2) is 0 Å². The molecule has 46 heavy (non-hydrogen) atoms. The normalized spacial score (nSPS) is 11.8. The van der Waals surface area contributed by atoms with Crippen LogP contribution >= 0.6 is 0 Å². The molecular weight excluding hydrogens is 766 g/mol. The van der Waals surface area contributed by atoms with Crippen molar-refractivity contribution in [1.29, 1.82) is 0 Å². The quantitative estimate of drug-likeness (QED) is 0.129. The maximum Gasteiger partial charge on any atom is 0.219 e. The van der Waals surface area contributed by atoms with Gasteiger partial charge in [-0.2, -0.15) is 0 Å². The van der Waals surface area contributed by atoms with Crippen molar-refractivity contribution < 1.29 is 30.3 Å². The summed E-state index contributed by atoms with van der Waals surface area (Å²) in [6.45, 7) is 10.7. The minimum atomic E-state index is -1.46. The van der Waals surface area contributed by atoms with Gasteiger partial charge in [0.2, 0.25) is 5.71 Å². The van der Waals surface area contributed by atoms with Crippen LogP contribution in [-0.2, 0) is 20.1 Å². The van der Waals surface area contributed by atoms with Crippen molar-refractivity contribution in [2.75, 3.05) is 0 Å². The van der Waals surface area contributed by atoms with Gasteiger partial charge < -0.3 is 14.4 Å². The van der Waals surface area contributed by atoms with Crippen LogP contribution in [0.15, 0.2) is 114 Å². The van der Waals surface area contributed by atoms with E-state index in [-0.39, 0.29) is 31.6 Å². The number of aromatic nitrogens is 3. The summed E-state index contributed by atoms with van der Waals surface area (Å²) in [5.74, 6) is -1.11. The van der Waals surface area contributed by atoms with Gasteiger partial charge in [-0.3, -0.25) is 0 Å². The summed E-state index contributed by atoms with van der Waals surface area (Å²) < 4.78 is 28.1. The standard InChI is InChI=1S/C20H20NSi.C19H14FN2O.Ir/c1-22(2,3)20-15-21-19(17-12-8-5-9-13-17)14-18(20)16-10-6-4-7-11-16;1-11(2)12-6-8-21-16(10-12)13-4-3-5-14-17-15(20)7-9-22-19(17)23-18(13)14;/h4-12,14-15H,1-3H3;3,5-11H,1-2H3;/q2*-1;/i;11D;. The molecule has 0 unspecified atom stereocenters. The summed E-state index contributed by atoms with van der Waals surface area (Å²) in [5, 5.41) is 2.40. The number of pyridine rings is 3. The molecule has 1 radical (unpaired) electrons. The molecule has 3 aromatic carbocycles. The van der Waals surface area contributed by atoms with Crippen LogP contribution in [0.25, 0.3) is 55.7 Å². The van der Waals surface area contributed by atoms with Crippen LogP contribution in [0, 0.1) is 17.9 Å². The van der Waals surface area contributed by atoms with E-state index in [0.717, 1.165) is 16.8 Å². The minimum Gasteiger partial charge on any atom is -0.486 e. The van der Waals surface area contributed by atoms with Crippen LogP contribution in [-0.4, -0.2) is 23.0 Å². The molecule has 0 saturated heterocycles. The van der Waals surface area contributed by atoms with Gasteiger partial charge in [-0.25, -0.2) is 9.37 Å². The smallest absolute Gasteiger partial charge is 0.219 e. The number of nitrogens with zero attached hydrogens (tertiary/aromatic N) is 3. The van der Waals surface area contributed by atoms with Crippen LogP contribution in [0.5, 0.6) is 0 Å². The van der Waals surface area contributed by atoms with Crippen molar-refractivity contribution in [1.82, 2.24) is 15.0 Å². The topological polar surface area (TPSA) is 51.8 Å². The monoisotopic (exact) mass is 801 g/mol. The Morgan fingerprint density at radius 1 is 0.826 bits per heavy atom. The summed E-state index contributed by atoms with van der Waals surface area (Å²) in [6.07, 6.45) is 5.12. The molecule has 0 aliphatic rings. The van der Waals surface area contributed by atoms with Crippen LogP contribution in [0.2, 0.25) is 19.6 Å². The summed E-state index contributed by atoms with van der Waals surface area (Å²) in [5.41, 5.74) is 7.46. The summed E-state index contributed by atoms with van der Waals surface area (Å²) in [7, 11) is -1.46. The largest absolute Gasteiger partial charge is 0.486 e. The molecule has 0 spiro atoms. The van der Waals surface area contributed by atoms with E-state index in [1.54, 1.807) is 18.3 Å². The van der Waals surface area contributed by atoms with E-state index in [0.29, 0.717) is 27.6 Å². The summed E-state index contributed by atoms with van der Waals surface area (Å²) >= 11 is 0. The fourth-order valence-corrected chi connectivity index (χ4v) is 6.78. The number of furan rings is 1. The van der Waals surface area contributed by atoms with Gasteiger partial charge in [-0.1, -0.05) is 92.5 Å². The molecule has 0 amide bonds. The zero-order valence-corrected chi connectivity index (χ0v) is 29.7. The molecule has 4 heterocycles. The van der Waals surface area contributed by atoms with E-state index >= 15 is 0 Å². The van der Waals surface area contributed by atoms with Gasteiger partial charge in [0, 0.05) is 40.1 Å². The number of halogens is 1. The Labute approximate surface area is 285 Å². The van der Waals surface area contributed by atoms with E-state index < -0.39 is 14.0 Å². The fourth-order valence-electron chi connectivity index (χ4n) is 5.30. The van der Waals surface area contributed by atoms with Crippen molar-refractivity contribution in [3.63, 3.8) is 0 Å². The first-order chi connectivity index (χ1) is 22.0. The first kappa shape index (κ1) is 31.7.